The van der Waals surface area contributed by atoms with E-state index in [2.05, 4.69) is 97.6 Å². The predicted molar refractivity (Wildman–Crippen MR) is 115 cm³/mol. The summed E-state index contributed by atoms with van der Waals surface area (Å²) in [5.41, 5.74) is 1.20. The number of hydrogen-bond acceptors (Lipinski definition) is 5. The van der Waals surface area contributed by atoms with Gasteiger partial charge in [0, 0.05) is 21.8 Å². The molecule has 4 nitrogen and oxygen atoms in total. The molecule has 0 bridgehead atoms. The van der Waals surface area contributed by atoms with Crippen LogP contribution in [0.2, 0.25) is 0 Å². The molecule has 4 rings (SSSR count). The van der Waals surface area contributed by atoms with Crippen molar-refractivity contribution in [3.8, 4) is 10.6 Å². The van der Waals surface area contributed by atoms with Crippen LogP contribution in [-0.4, -0.2) is 39.3 Å². The summed E-state index contributed by atoms with van der Waals surface area (Å²) in [5, 5.41) is 13.9. The average Bonchev–Trinajstić information content (AvgIpc) is 3.08. The second kappa shape index (κ2) is 6.57. The molecule has 1 unspecified atom stereocenters. The summed E-state index contributed by atoms with van der Waals surface area (Å²) in [4.78, 5) is 3.65. The van der Waals surface area contributed by atoms with E-state index in [1.54, 1.807) is 11.3 Å². The first kappa shape index (κ1) is 18.4. The molecule has 1 atom stereocenters. The minimum absolute atomic E-state index is 0.0492. The number of aromatic nitrogens is 2. The van der Waals surface area contributed by atoms with Crippen LogP contribution in [0.1, 0.15) is 40.5 Å². The van der Waals surface area contributed by atoms with Crippen LogP contribution in [0.5, 0.6) is 0 Å². The van der Waals surface area contributed by atoms with E-state index < -0.39 is 0 Å². The lowest BCUT2D eigenvalue weighted by molar-refractivity contribution is -0.0111. The molecule has 3 heterocycles. The van der Waals surface area contributed by atoms with E-state index in [9.17, 15) is 0 Å². The number of thiophene rings is 1. The highest BCUT2D eigenvalue weighted by molar-refractivity contribution is 7.22. The van der Waals surface area contributed by atoms with Gasteiger partial charge in [0.2, 0.25) is 0 Å². The number of rotatable bonds is 3. The van der Waals surface area contributed by atoms with Gasteiger partial charge in [-0.05, 0) is 77.2 Å². The lowest BCUT2D eigenvalue weighted by Crippen LogP contribution is -2.64. The number of piperidine rings is 1. The fourth-order valence-electron chi connectivity index (χ4n) is 4.11. The van der Waals surface area contributed by atoms with Gasteiger partial charge in [-0.15, -0.1) is 21.5 Å². The van der Waals surface area contributed by atoms with E-state index in [0.29, 0.717) is 6.04 Å². The fraction of sp³-hybridized carbons (Fsp3) is 0.455. The van der Waals surface area contributed by atoms with Gasteiger partial charge in [0.25, 0.3) is 0 Å². The van der Waals surface area contributed by atoms with Crippen molar-refractivity contribution in [1.82, 2.24) is 15.1 Å². The Morgan fingerprint density at radius 3 is 2.56 bits per heavy atom. The van der Waals surface area contributed by atoms with Crippen LogP contribution in [0, 0.1) is 0 Å². The lowest BCUT2D eigenvalue weighted by atomic mass is 9.77. The number of nitrogens with one attached hydrogen (secondary N) is 1. The SMILES string of the molecule is CN1C(C)(C)CCC(Nc2ccc(-c3cc4ccccc4s3)nn2)C1(C)C. The normalized spacial score (nSPS) is 22.0. The van der Waals surface area contributed by atoms with Crippen molar-refractivity contribution >= 4 is 27.2 Å². The number of likely N-dealkylation sites (tertiary alicyclic amines) is 1. The van der Waals surface area contributed by atoms with E-state index in [0.717, 1.165) is 29.2 Å². The number of benzene rings is 1. The van der Waals surface area contributed by atoms with E-state index in [1.807, 2.05) is 0 Å². The minimum atomic E-state index is 0.0492. The number of nitrogens with zero attached hydrogens (tertiary/aromatic N) is 3. The third-order valence-corrected chi connectivity index (χ3v) is 7.47. The summed E-state index contributed by atoms with van der Waals surface area (Å²) in [5.74, 6) is 0.853. The summed E-state index contributed by atoms with van der Waals surface area (Å²) in [6, 6.07) is 15.1. The minimum Gasteiger partial charge on any atom is -0.364 e. The number of hydrogen-bond donors (Lipinski definition) is 1. The maximum atomic E-state index is 4.49. The van der Waals surface area contributed by atoms with Crippen molar-refractivity contribution in [2.75, 3.05) is 12.4 Å². The highest BCUT2D eigenvalue weighted by atomic mass is 32.1. The lowest BCUT2D eigenvalue weighted by Gasteiger charge is -2.55. The van der Waals surface area contributed by atoms with Gasteiger partial charge in [0.1, 0.15) is 11.5 Å². The summed E-state index contributed by atoms with van der Waals surface area (Å²) in [6.45, 7) is 9.27. The summed E-state index contributed by atoms with van der Waals surface area (Å²) in [7, 11) is 2.23. The average molecular weight is 381 g/mol. The second-order valence-electron chi connectivity index (χ2n) is 8.71. The van der Waals surface area contributed by atoms with Crippen molar-refractivity contribution < 1.29 is 0 Å². The highest BCUT2D eigenvalue weighted by Crippen LogP contribution is 2.38. The molecular formula is C22H28N4S. The Hall–Kier alpha value is -1.98. The molecule has 0 aliphatic carbocycles. The van der Waals surface area contributed by atoms with Gasteiger partial charge in [-0.1, -0.05) is 18.2 Å². The van der Waals surface area contributed by atoms with E-state index in [1.165, 1.54) is 10.1 Å². The number of fused-ring (bicyclic) bond motifs is 1. The van der Waals surface area contributed by atoms with Crippen LogP contribution in [-0.2, 0) is 0 Å². The maximum Gasteiger partial charge on any atom is 0.148 e. The molecule has 142 valence electrons. The Morgan fingerprint density at radius 1 is 1.07 bits per heavy atom. The fourth-order valence-corrected chi connectivity index (χ4v) is 5.14. The van der Waals surface area contributed by atoms with E-state index >= 15 is 0 Å². The first-order chi connectivity index (χ1) is 12.8. The van der Waals surface area contributed by atoms with Crippen LogP contribution in [0.15, 0.2) is 42.5 Å². The zero-order valence-electron chi connectivity index (χ0n) is 16.8. The molecule has 1 aliphatic heterocycles. The highest BCUT2D eigenvalue weighted by Gasteiger charge is 2.45. The molecule has 1 saturated heterocycles. The van der Waals surface area contributed by atoms with Crippen molar-refractivity contribution in [1.29, 1.82) is 0 Å². The van der Waals surface area contributed by atoms with Gasteiger partial charge in [-0.25, -0.2) is 0 Å². The molecule has 1 aliphatic rings. The standard InChI is InChI=1S/C22H28N4S/c1-21(2)13-12-19(22(3,4)26(21)5)23-20-11-10-16(24-25-20)18-14-15-8-6-7-9-17(15)27-18/h6-11,14,19H,12-13H2,1-5H3,(H,23,25). The second-order valence-corrected chi connectivity index (χ2v) is 9.80. The maximum absolute atomic E-state index is 4.49. The molecule has 1 N–H and O–H groups in total. The zero-order valence-corrected chi connectivity index (χ0v) is 17.6. The quantitative estimate of drug-likeness (QED) is 0.658. The molecule has 1 fully saturated rings. The summed E-state index contributed by atoms with van der Waals surface area (Å²) < 4.78 is 1.28. The van der Waals surface area contributed by atoms with Crippen LogP contribution in [0.3, 0.4) is 0 Å². The topological polar surface area (TPSA) is 41.0 Å². The van der Waals surface area contributed by atoms with Gasteiger partial charge in [0.05, 0.1) is 4.88 Å². The Bertz CT molecular complexity index is 909. The van der Waals surface area contributed by atoms with Crippen LogP contribution >= 0.6 is 11.3 Å². The third-order valence-electron chi connectivity index (χ3n) is 6.33. The van der Waals surface area contributed by atoms with E-state index in [4.69, 9.17) is 0 Å². The molecule has 2 aromatic heterocycles. The number of likely N-dealkylation sites (N-methyl/N-ethyl adjacent to an activating group) is 1. The Kier molecular flexibility index (Phi) is 4.47. The first-order valence-electron chi connectivity index (χ1n) is 9.60. The zero-order chi connectivity index (χ0) is 19.2. The molecule has 27 heavy (non-hydrogen) atoms. The van der Waals surface area contributed by atoms with Crippen molar-refractivity contribution in [2.45, 2.75) is 57.7 Å². The largest absolute Gasteiger partial charge is 0.364 e. The summed E-state index contributed by atoms with van der Waals surface area (Å²) >= 11 is 1.76. The van der Waals surface area contributed by atoms with Crippen molar-refractivity contribution in [3.63, 3.8) is 0 Å². The smallest absolute Gasteiger partial charge is 0.148 e. The Labute approximate surface area is 165 Å². The Morgan fingerprint density at radius 2 is 1.85 bits per heavy atom. The molecule has 3 aromatic rings. The monoisotopic (exact) mass is 380 g/mol. The molecule has 0 radical (unpaired) electrons. The number of anilines is 1. The van der Waals surface area contributed by atoms with Crippen molar-refractivity contribution in [3.05, 3.63) is 42.5 Å². The van der Waals surface area contributed by atoms with Crippen LogP contribution < -0.4 is 5.32 Å². The van der Waals surface area contributed by atoms with Crippen molar-refractivity contribution in [2.24, 2.45) is 0 Å². The van der Waals surface area contributed by atoms with Gasteiger partial charge >= 0.3 is 0 Å². The molecule has 0 amide bonds. The molecular weight excluding hydrogens is 352 g/mol. The molecule has 5 heteroatoms. The van der Waals surface area contributed by atoms with Crippen LogP contribution in [0.25, 0.3) is 20.7 Å². The van der Waals surface area contributed by atoms with E-state index in [-0.39, 0.29) is 11.1 Å². The first-order valence-corrected chi connectivity index (χ1v) is 10.4. The predicted octanol–water partition coefficient (Wildman–Crippen LogP) is 5.42. The van der Waals surface area contributed by atoms with Gasteiger partial charge < -0.3 is 5.32 Å². The third kappa shape index (κ3) is 3.34. The van der Waals surface area contributed by atoms with Gasteiger partial charge in [0.15, 0.2) is 0 Å². The van der Waals surface area contributed by atoms with Crippen LogP contribution in [0.4, 0.5) is 5.82 Å². The Balaban J connectivity index is 1.53. The van der Waals surface area contributed by atoms with Gasteiger partial charge in [-0.3, -0.25) is 4.90 Å². The molecule has 1 aromatic carbocycles. The summed E-state index contributed by atoms with van der Waals surface area (Å²) in [6.07, 6.45) is 2.29. The van der Waals surface area contributed by atoms with Gasteiger partial charge in [-0.2, -0.15) is 0 Å². The molecule has 0 spiro atoms. The molecule has 0 saturated carbocycles.